The number of hydrogen-bond acceptors (Lipinski definition) is 4. The third-order valence-corrected chi connectivity index (χ3v) is 7.02. The monoisotopic (exact) mass is 325 g/mol. The van der Waals surface area contributed by atoms with Gasteiger partial charge in [-0.15, -0.1) is 0 Å². The molecule has 2 aromatic rings. The summed E-state index contributed by atoms with van der Waals surface area (Å²) in [7, 11) is -6.79. The zero-order valence-corrected chi connectivity index (χ0v) is 13.0. The van der Waals surface area contributed by atoms with E-state index in [9.17, 15) is 16.8 Å². The Morgan fingerprint density at radius 1 is 1.05 bits per heavy atom. The highest BCUT2D eigenvalue weighted by atomic mass is 32.2. The lowest BCUT2D eigenvalue weighted by Crippen LogP contribution is -2.52. The van der Waals surface area contributed by atoms with E-state index in [2.05, 4.69) is 4.72 Å². The number of fused-ring (bicyclic) bond motifs is 1. The third-order valence-electron chi connectivity index (χ3n) is 3.62. The second kappa shape index (κ2) is 4.79. The molecule has 1 saturated heterocycles. The van der Waals surface area contributed by atoms with Crippen molar-refractivity contribution in [1.29, 1.82) is 0 Å². The number of benzene rings is 2. The third kappa shape index (κ3) is 2.68. The van der Waals surface area contributed by atoms with Gasteiger partial charge in [0, 0.05) is 11.4 Å². The van der Waals surface area contributed by atoms with Crippen molar-refractivity contribution in [2.45, 2.75) is 17.9 Å². The van der Waals surface area contributed by atoms with Crippen LogP contribution in [0.2, 0.25) is 0 Å². The molecule has 0 radical (unpaired) electrons. The van der Waals surface area contributed by atoms with Crippen LogP contribution in [0.3, 0.4) is 0 Å². The van der Waals surface area contributed by atoms with Gasteiger partial charge in [0.15, 0.2) is 9.84 Å². The highest BCUT2D eigenvalue weighted by Gasteiger charge is 2.36. The molecule has 0 unspecified atom stereocenters. The summed E-state index contributed by atoms with van der Waals surface area (Å²) in [5.41, 5.74) is 0.996. The van der Waals surface area contributed by atoms with Crippen LogP contribution in [0.1, 0.15) is 5.56 Å². The molecule has 1 N–H and O–H groups in total. The van der Waals surface area contributed by atoms with Gasteiger partial charge in [0.05, 0.1) is 16.4 Å². The maximum absolute atomic E-state index is 12.5. The van der Waals surface area contributed by atoms with Crippen molar-refractivity contribution in [2.75, 3.05) is 11.5 Å². The summed E-state index contributed by atoms with van der Waals surface area (Å²) < 4.78 is 49.7. The summed E-state index contributed by atoms with van der Waals surface area (Å²) in [4.78, 5) is 0.188. The Bertz CT molecular complexity index is 905. The minimum absolute atomic E-state index is 0.129. The molecular weight excluding hydrogens is 310 g/mol. The molecule has 1 aliphatic heterocycles. The van der Waals surface area contributed by atoms with Gasteiger partial charge in [0.25, 0.3) is 0 Å². The molecule has 0 aliphatic carbocycles. The molecule has 3 rings (SSSR count). The first-order chi connectivity index (χ1) is 9.78. The molecule has 5 nitrogen and oxygen atoms in total. The number of rotatable bonds is 3. The fourth-order valence-electron chi connectivity index (χ4n) is 2.57. The normalized spacial score (nSPS) is 18.5. The van der Waals surface area contributed by atoms with Gasteiger partial charge in [-0.05, 0) is 23.9 Å². The molecule has 7 heteroatoms. The van der Waals surface area contributed by atoms with Gasteiger partial charge in [-0.1, -0.05) is 30.3 Å². The van der Waals surface area contributed by atoms with Crippen LogP contribution in [0.15, 0.2) is 41.3 Å². The van der Waals surface area contributed by atoms with E-state index in [1.54, 1.807) is 24.3 Å². The van der Waals surface area contributed by atoms with Crippen molar-refractivity contribution < 1.29 is 16.8 Å². The number of nitrogens with one attached hydrogen (secondary N) is 1. The Morgan fingerprint density at radius 2 is 1.67 bits per heavy atom. The van der Waals surface area contributed by atoms with Crippen molar-refractivity contribution in [3.63, 3.8) is 0 Å². The second-order valence-corrected chi connectivity index (χ2v) is 9.16. The number of sulfonamides is 1. The van der Waals surface area contributed by atoms with Gasteiger partial charge < -0.3 is 0 Å². The topological polar surface area (TPSA) is 80.3 Å². The van der Waals surface area contributed by atoms with Crippen LogP contribution in [0.25, 0.3) is 10.8 Å². The standard InChI is InChI=1S/C14H15NO4S2/c1-10-6-7-14(13-5-3-2-4-12(10)13)21(18,19)15-11-8-20(16,17)9-11/h2-7,11,15H,8-9H2,1H3. The van der Waals surface area contributed by atoms with Crippen LogP contribution in [-0.4, -0.2) is 34.4 Å². The van der Waals surface area contributed by atoms with E-state index in [1.807, 2.05) is 19.1 Å². The van der Waals surface area contributed by atoms with Crippen molar-refractivity contribution >= 4 is 30.6 Å². The molecule has 112 valence electrons. The minimum atomic E-state index is -3.73. The smallest absolute Gasteiger partial charge is 0.229 e. The quantitative estimate of drug-likeness (QED) is 0.920. The maximum Gasteiger partial charge on any atom is 0.241 e. The molecular formula is C14H15NO4S2. The van der Waals surface area contributed by atoms with Crippen molar-refractivity contribution in [3.8, 4) is 0 Å². The van der Waals surface area contributed by atoms with Gasteiger partial charge in [-0.2, -0.15) is 0 Å². The van der Waals surface area contributed by atoms with Crippen LogP contribution in [0.4, 0.5) is 0 Å². The number of hydrogen-bond donors (Lipinski definition) is 1. The Balaban J connectivity index is 2.02. The summed E-state index contributed by atoms with van der Waals surface area (Å²) >= 11 is 0. The predicted molar refractivity (Wildman–Crippen MR) is 81.4 cm³/mol. The van der Waals surface area contributed by atoms with Gasteiger partial charge in [0.1, 0.15) is 0 Å². The Hall–Kier alpha value is -1.44. The van der Waals surface area contributed by atoms with E-state index in [-0.39, 0.29) is 16.4 Å². The van der Waals surface area contributed by atoms with Crippen LogP contribution in [-0.2, 0) is 19.9 Å². The minimum Gasteiger partial charge on any atom is -0.229 e. The second-order valence-electron chi connectivity index (χ2n) is 5.32. The summed E-state index contributed by atoms with van der Waals surface area (Å²) in [5, 5.41) is 1.52. The van der Waals surface area contributed by atoms with Crippen LogP contribution >= 0.6 is 0 Å². The first-order valence-corrected chi connectivity index (χ1v) is 9.80. The van der Waals surface area contributed by atoms with E-state index >= 15 is 0 Å². The lowest BCUT2D eigenvalue weighted by molar-refractivity contribution is 0.537. The summed E-state index contributed by atoms with van der Waals surface area (Å²) in [6.45, 7) is 1.92. The molecule has 0 saturated carbocycles. The maximum atomic E-state index is 12.5. The Labute approximate surface area is 124 Å². The van der Waals surface area contributed by atoms with E-state index < -0.39 is 25.9 Å². The molecule has 1 heterocycles. The zero-order chi connectivity index (χ0) is 15.3. The van der Waals surface area contributed by atoms with Crippen LogP contribution in [0.5, 0.6) is 0 Å². The summed E-state index contributed by atoms with van der Waals surface area (Å²) in [5.74, 6) is -0.258. The first kappa shape index (κ1) is 14.5. The van der Waals surface area contributed by atoms with Crippen LogP contribution < -0.4 is 4.72 Å². The van der Waals surface area contributed by atoms with E-state index in [1.165, 1.54) is 0 Å². The molecule has 1 aliphatic rings. The zero-order valence-electron chi connectivity index (χ0n) is 11.4. The van der Waals surface area contributed by atoms with Gasteiger partial charge in [0.2, 0.25) is 10.0 Å². The molecule has 21 heavy (non-hydrogen) atoms. The highest BCUT2D eigenvalue weighted by molar-refractivity contribution is 7.93. The number of aryl methyl sites for hydroxylation is 1. The molecule has 0 bridgehead atoms. The van der Waals surface area contributed by atoms with Gasteiger partial charge in [-0.3, -0.25) is 0 Å². The SMILES string of the molecule is Cc1ccc(S(=O)(=O)NC2CS(=O)(=O)C2)c2ccccc12. The van der Waals surface area contributed by atoms with Crippen molar-refractivity contribution in [1.82, 2.24) is 4.72 Å². The summed E-state index contributed by atoms with van der Waals surface area (Å²) in [6, 6.07) is 10.1. The lowest BCUT2D eigenvalue weighted by Gasteiger charge is -2.26. The Kier molecular flexibility index (Phi) is 3.31. The Morgan fingerprint density at radius 3 is 2.29 bits per heavy atom. The average Bonchev–Trinajstić information content (AvgIpc) is 2.36. The van der Waals surface area contributed by atoms with Crippen molar-refractivity contribution in [2.24, 2.45) is 0 Å². The fourth-order valence-corrected chi connectivity index (χ4v) is 5.52. The lowest BCUT2D eigenvalue weighted by atomic mass is 10.1. The molecule has 2 aromatic carbocycles. The van der Waals surface area contributed by atoms with E-state index in [0.29, 0.717) is 5.39 Å². The van der Waals surface area contributed by atoms with Crippen LogP contribution in [0, 0.1) is 6.92 Å². The molecule has 0 spiro atoms. The first-order valence-electron chi connectivity index (χ1n) is 6.50. The molecule has 1 fully saturated rings. The summed E-state index contributed by atoms with van der Waals surface area (Å²) in [6.07, 6.45) is 0. The average molecular weight is 325 g/mol. The predicted octanol–water partition coefficient (Wildman–Crippen LogP) is 1.22. The largest absolute Gasteiger partial charge is 0.241 e. The van der Waals surface area contributed by atoms with E-state index in [0.717, 1.165) is 10.9 Å². The molecule has 0 aromatic heterocycles. The fraction of sp³-hybridized carbons (Fsp3) is 0.286. The van der Waals surface area contributed by atoms with E-state index in [4.69, 9.17) is 0 Å². The van der Waals surface area contributed by atoms with Gasteiger partial charge in [-0.25, -0.2) is 21.6 Å². The highest BCUT2D eigenvalue weighted by Crippen LogP contribution is 2.26. The molecule has 0 amide bonds. The van der Waals surface area contributed by atoms with Gasteiger partial charge >= 0.3 is 0 Å². The van der Waals surface area contributed by atoms with Crippen molar-refractivity contribution in [3.05, 3.63) is 42.0 Å². The number of sulfone groups is 1. The molecule has 0 atom stereocenters.